The summed E-state index contributed by atoms with van der Waals surface area (Å²) in [4.78, 5) is 21.4. The fourth-order valence-corrected chi connectivity index (χ4v) is 5.26. The average Bonchev–Trinajstić information content (AvgIpc) is 3.48. The van der Waals surface area contributed by atoms with E-state index in [1.807, 2.05) is 17.7 Å². The molecular formula is C24H33N7O2. The number of nitrogens with one attached hydrogen (secondary N) is 1. The van der Waals surface area contributed by atoms with Gasteiger partial charge in [-0.05, 0) is 66.7 Å². The molecular weight excluding hydrogens is 418 g/mol. The van der Waals surface area contributed by atoms with Crippen LogP contribution in [-0.4, -0.2) is 80.4 Å². The predicted molar refractivity (Wildman–Crippen MR) is 126 cm³/mol. The monoisotopic (exact) mass is 451 g/mol. The predicted octanol–water partition coefficient (Wildman–Crippen LogP) is 2.04. The number of likely N-dealkylation sites (N-methyl/N-ethyl adjacent to an activating group) is 1. The Kier molecular flexibility index (Phi) is 6.27. The highest BCUT2D eigenvalue weighted by Gasteiger charge is 2.33. The normalized spacial score (nSPS) is 21.1. The highest BCUT2D eigenvalue weighted by atomic mass is 16.5. The van der Waals surface area contributed by atoms with E-state index in [0.29, 0.717) is 17.9 Å². The number of hydrogen-bond acceptors (Lipinski definition) is 7. The molecule has 0 radical (unpaired) electrons. The lowest BCUT2D eigenvalue weighted by Gasteiger charge is -2.38. The number of benzene rings is 1. The number of piperazine rings is 1. The number of pyridine rings is 1. The molecule has 2 atom stereocenters. The van der Waals surface area contributed by atoms with Gasteiger partial charge >= 0.3 is 0 Å². The van der Waals surface area contributed by atoms with Crippen LogP contribution in [0.5, 0.6) is 0 Å². The maximum Gasteiger partial charge on any atom is 0.253 e. The first-order valence-electron chi connectivity index (χ1n) is 12.0. The Morgan fingerprint density at radius 1 is 1.18 bits per heavy atom. The largest absolute Gasteiger partial charge is 0.376 e. The fraction of sp³-hybridized carbons (Fsp3) is 0.583. The van der Waals surface area contributed by atoms with Crippen LogP contribution in [0.2, 0.25) is 0 Å². The second-order valence-electron chi connectivity index (χ2n) is 9.33. The number of rotatable bonds is 6. The summed E-state index contributed by atoms with van der Waals surface area (Å²) >= 11 is 0. The Morgan fingerprint density at radius 3 is 2.73 bits per heavy atom. The Morgan fingerprint density at radius 2 is 2.00 bits per heavy atom. The minimum Gasteiger partial charge on any atom is -0.376 e. The van der Waals surface area contributed by atoms with Crippen LogP contribution < -0.4 is 5.56 Å². The molecule has 0 aliphatic carbocycles. The van der Waals surface area contributed by atoms with Gasteiger partial charge in [-0.3, -0.25) is 9.69 Å². The molecule has 2 saturated heterocycles. The maximum absolute atomic E-state index is 13.4. The summed E-state index contributed by atoms with van der Waals surface area (Å²) in [6, 6.07) is 5.95. The first-order valence-corrected chi connectivity index (χ1v) is 12.0. The van der Waals surface area contributed by atoms with Crippen LogP contribution in [-0.2, 0) is 11.3 Å². The molecule has 2 aromatic heterocycles. The second-order valence-corrected chi connectivity index (χ2v) is 9.33. The van der Waals surface area contributed by atoms with Gasteiger partial charge in [0.2, 0.25) is 0 Å². The number of fused-ring (bicyclic) bond motifs is 1. The topological polar surface area (TPSA) is 92.2 Å². The van der Waals surface area contributed by atoms with E-state index >= 15 is 0 Å². The van der Waals surface area contributed by atoms with Crippen molar-refractivity contribution in [3.63, 3.8) is 0 Å². The van der Waals surface area contributed by atoms with Gasteiger partial charge in [0, 0.05) is 38.3 Å². The van der Waals surface area contributed by atoms with Gasteiger partial charge in [-0.15, -0.1) is 5.10 Å². The van der Waals surface area contributed by atoms with Gasteiger partial charge in [0.1, 0.15) is 6.04 Å². The van der Waals surface area contributed by atoms with Crippen LogP contribution in [0.1, 0.15) is 48.3 Å². The number of tetrazole rings is 1. The third kappa shape index (κ3) is 4.45. The molecule has 2 aliphatic rings. The SMILES string of the molecule is CCN1CCN(C(c2cc3cc(C)cc(C)c3[nH]c2=O)c2nnnn2CC2CCCO2)CC1. The van der Waals surface area contributed by atoms with Crippen molar-refractivity contribution < 1.29 is 4.74 Å². The van der Waals surface area contributed by atoms with Crippen LogP contribution in [0.15, 0.2) is 23.0 Å². The molecule has 4 heterocycles. The highest BCUT2D eigenvalue weighted by Crippen LogP contribution is 2.29. The van der Waals surface area contributed by atoms with Crippen LogP contribution in [0.3, 0.4) is 0 Å². The summed E-state index contributed by atoms with van der Waals surface area (Å²) in [5, 5.41) is 13.8. The first-order chi connectivity index (χ1) is 16.0. The molecule has 0 bridgehead atoms. The molecule has 5 rings (SSSR count). The number of H-pyrrole nitrogens is 1. The summed E-state index contributed by atoms with van der Waals surface area (Å²) in [5.74, 6) is 0.713. The van der Waals surface area contributed by atoms with Gasteiger partial charge in [-0.2, -0.15) is 0 Å². The Balaban J connectivity index is 1.59. The zero-order valence-corrected chi connectivity index (χ0v) is 19.8. The minimum absolute atomic E-state index is 0.0796. The summed E-state index contributed by atoms with van der Waals surface area (Å²) in [7, 11) is 0. The van der Waals surface area contributed by atoms with Crippen molar-refractivity contribution in [1.82, 2.24) is 35.0 Å². The van der Waals surface area contributed by atoms with E-state index in [9.17, 15) is 4.79 Å². The van der Waals surface area contributed by atoms with Crippen molar-refractivity contribution >= 4 is 10.9 Å². The standard InChI is InChI=1S/C24H33N7O2/c1-4-29-7-9-30(10-8-29)22(23-26-27-28-31(23)15-19-6-5-11-33-19)20-14-18-13-16(2)12-17(3)21(18)25-24(20)32/h12-14,19,22H,4-11,15H2,1-3H3,(H,25,32). The molecule has 2 unspecified atom stereocenters. The molecule has 0 saturated carbocycles. The third-order valence-electron chi connectivity index (χ3n) is 7.04. The lowest BCUT2D eigenvalue weighted by molar-refractivity contribution is 0.0860. The zero-order valence-electron chi connectivity index (χ0n) is 19.8. The van der Waals surface area contributed by atoms with E-state index in [-0.39, 0.29) is 17.7 Å². The molecule has 33 heavy (non-hydrogen) atoms. The van der Waals surface area contributed by atoms with Gasteiger partial charge in [-0.25, -0.2) is 4.68 Å². The molecule has 1 N–H and O–H groups in total. The van der Waals surface area contributed by atoms with Crippen LogP contribution in [0.4, 0.5) is 0 Å². The molecule has 2 aliphatic heterocycles. The van der Waals surface area contributed by atoms with Gasteiger partial charge in [0.05, 0.1) is 18.2 Å². The summed E-state index contributed by atoms with van der Waals surface area (Å²) in [6.07, 6.45) is 2.19. The average molecular weight is 452 g/mol. The van der Waals surface area contributed by atoms with Gasteiger partial charge in [0.15, 0.2) is 5.82 Å². The summed E-state index contributed by atoms with van der Waals surface area (Å²) in [5.41, 5.74) is 3.76. The Bertz CT molecular complexity index is 1170. The maximum atomic E-state index is 13.4. The van der Waals surface area contributed by atoms with E-state index in [1.54, 1.807) is 0 Å². The number of aryl methyl sites for hydroxylation is 2. The van der Waals surface area contributed by atoms with E-state index in [0.717, 1.165) is 68.6 Å². The number of aromatic nitrogens is 5. The Hall–Kier alpha value is -2.62. The van der Waals surface area contributed by atoms with Crippen molar-refractivity contribution in [3.05, 3.63) is 51.1 Å². The first kappa shape index (κ1) is 22.2. The second kappa shape index (κ2) is 9.32. The number of hydrogen-bond donors (Lipinski definition) is 1. The molecule has 9 nitrogen and oxygen atoms in total. The van der Waals surface area contributed by atoms with Crippen molar-refractivity contribution in [2.45, 2.75) is 52.3 Å². The van der Waals surface area contributed by atoms with Crippen molar-refractivity contribution in [3.8, 4) is 0 Å². The molecule has 2 fully saturated rings. The quantitative estimate of drug-likeness (QED) is 0.613. The number of ether oxygens (including phenoxy) is 1. The van der Waals surface area contributed by atoms with E-state index < -0.39 is 0 Å². The molecule has 176 valence electrons. The lowest BCUT2D eigenvalue weighted by Crippen LogP contribution is -2.49. The Labute approximate surface area is 193 Å². The summed E-state index contributed by atoms with van der Waals surface area (Å²) < 4.78 is 7.69. The van der Waals surface area contributed by atoms with Crippen LogP contribution >= 0.6 is 0 Å². The molecule has 3 aromatic rings. The van der Waals surface area contributed by atoms with Crippen molar-refractivity contribution in [2.24, 2.45) is 0 Å². The highest BCUT2D eigenvalue weighted by molar-refractivity contribution is 5.83. The third-order valence-corrected chi connectivity index (χ3v) is 7.04. The molecule has 0 spiro atoms. The smallest absolute Gasteiger partial charge is 0.253 e. The van der Waals surface area contributed by atoms with E-state index in [4.69, 9.17) is 4.74 Å². The molecule has 0 amide bonds. The zero-order chi connectivity index (χ0) is 22.9. The van der Waals surface area contributed by atoms with Gasteiger partial charge in [0.25, 0.3) is 5.56 Å². The van der Waals surface area contributed by atoms with Gasteiger partial charge < -0.3 is 14.6 Å². The number of nitrogens with zero attached hydrogens (tertiary/aromatic N) is 6. The minimum atomic E-state index is -0.311. The van der Waals surface area contributed by atoms with Crippen LogP contribution in [0.25, 0.3) is 10.9 Å². The molecule has 1 aromatic carbocycles. The summed E-state index contributed by atoms with van der Waals surface area (Å²) in [6.45, 7) is 12.4. The van der Waals surface area contributed by atoms with E-state index in [1.165, 1.54) is 5.56 Å². The van der Waals surface area contributed by atoms with Crippen molar-refractivity contribution in [2.75, 3.05) is 39.3 Å². The number of aromatic amines is 1. The van der Waals surface area contributed by atoms with E-state index in [2.05, 4.69) is 56.3 Å². The van der Waals surface area contributed by atoms with Gasteiger partial charge in [-0.1, -0.05) is 18.6 Å². The lowest BCUT2D eigenvalue weighted by atomic mass is 10.00. The van der Waals surface area contributed by atoms with Crippen LogP contribution in [0, 0.1) is 13.8 Å². The van der Waals surface area contributed by atoms with Crippen molar-refractivity contribution in [1.29, 1.82) is 0 Å². The molecule has 9 heteroatoms. The fourth-order valence-electron chi connectivity index (χ4n) is 5.26.